The monoisotopic (exact) mass is 203 g/mol. The summed E-state index contributed by atoms with van der Waals surface area (Å²) in [6.45, 7) is -0.0727. The van der Waals surface area contributed by atoms with Crippen molar-refractivity contribution in [3.63, 3.8) is 0 Å². The Kier molecular flexibility index (Phi) is 2.98. The summed E-state index contributed by atoms with van der Waals surface area (Å²) in [7, 11) is 0. The molecule has 0 spiro atoms. The Morgan fingerprint density at radius 2 is 2.00 bits per heavy atom. The summed E-state index contributed by atoms with van der Waals surface area (Å²) in [5, 5.41) is 27.9. The summed E-state index contributed by atoms with van der Waals surface area (Å²) in [6, 6.07) is 2.62. The largest absolute Gasteiger partial charge is 0.504 e. The molecule has 1 rings (SSSR count). The van der Waals surface area contributed by atoms with Crippen LogP contribution in [-0.2, 0) is 0 Å². The molecule has 0 fully saturated rings. The lowest BCUT2D eigenvalue weighted by Gasteiger charge is -2.12. The Morgan fingerprint density at radius 3 is 2.54 bits per heavy atom. The quantitative estimate of drug-likeness (QED) is 0.534. The van der Waals surface area contributed by atoms with Gasteiger partial charge in [0.1, 0.15) is 0 Å². The van der Waals surface area contributed by atoms with Crippen LogP contribution < -0.4 is 5.73 Å². The van der Waals surface area contributed by atoms with Gasteiger partial charge in [0, 0.05) is 12.1 Å². The van der Waals surface area contributed by atoms with Gasteiger partial charge < -0.3 is 21.1 Å². The minimum absolute atomic E-state index is 0.0594. The van der Waals surface area contributed by atoms with Gasteiger partial charge >= 0.3 is 0 Å². The molecule has 1 aromatic carbocycles. The Morgan fingerprint density at radius 1 is 1.38 bits per heavy atom. The van der Waals surface area contributed by atoms with Crippen LogP contribution in [0.1, 0.15) is 11.7 Å². The van der Waals surface area contributed by atoms with E-state index in [-0.39, 0.29) is 22.9 Å². The number of benzene rings is 1. The van der Waals surface area contributed by atoms with Crippen molar-refractivity contribution < 1.29 is 15.3 Å². The molecule has 13 heavy (non-hydrogen) atoms. The first kappa shape index (κ1) is 10.1. The standard InChI is InChI=1S/C8H10ClNO3/c9-4-1-2-5(11)8(13)7(4)6(12)3-10/h1-2,6,11-13H,3,10H2. The van der Waals surface area contributed by atoms with Gasteiger partial charge in [-0.05, 0) is 12.1 Å². The number of phenolic OH excluding ortho intramolecular Hbond substituents is 2. The number of rotatable bonds is 2. The zero-order chi connectivity index (χ0) is 10.0. The first-order chi connectivity index (χ1) is 6.07. The Bertz CT molecular complexity index is 317. The molecule has 1 aromatic rings. The van der Waals surface area contributed by atoms with Gasteiger partial charge in [0.15, 0.2) is 11.5 Å². The molecule has 4 nitrogen and oxygen atoms in total. The molecular formula is C8H10ClNO3. The zero-order valence-corrected chi connectivity index (χ0v) is 7.49. The fourth-order valence-electron chi connectivity index (χ4n) is 1.01. The van der Waals surface area contributed by atoms with Crippen molar-refractivity contribution in [2.45, 2.75) is 6.10 Å². The number of nitrogens with two attached hydrogens (primary N) is 1. The highest BCUT2D eigenvalue weighted by Gasteiger charge is 2.17. The van der Waals surface area contributed by atoms with E-state index < -0.39 is 11.9 Å². The van der Waals surface area contributed by atoms with Crippen molar-refractivity contribution in [2.75, 3.05) is 6.54 Å². The van der Waals surface area contributed by atoms with Crippen LogP contribution in [0.5, 0.6) is 11.5 Å². The molecule has 0 heterocycles. The number of hydrogen-bond acceptors (Lipinski definition) is 4. The van der Waals surface area contributed by atoms with Gasteiger partial charge in [0.25, 0.3) is 0 Å². The minimum Gasteiger partial charge on any atom is -0.504 e. The van der Waals surface area contributed by atoms with Gasteiger partial charge in [0.2, 0.25) is 0 Å². The maximum Gasteiger partial charge on any atom is 0.164 e. The minimum atomic E-state index is -1.07. The predicted octanol–water partition coefficient (Wildman–Crippen LogP) is 0.743. The van der Waals surface area contributed by atoms with Crippen molar-refractivity contribution in [3.05, 3.63) is 22.7 Å². The lowest BCUT2D eigenvalue weighted by molar-refractivity contribution is 0.182. The normalized spacial score (nSPS) is 12.8. The first-order valence-electron chi connectivity index (χ1n) is 3.66. The molecule has 5 N–H and O–H groups in total. The number of halogens is 1. The van der Waals surface area contributed by atoms with Crippen LogP contribution in [-0.4, -0.2) is 21.9 Å². The molecule has 0 amide bonds. The van der Waals surface area contributed by atoms with Crippen LogP contribution in [0.4, 0.5) is 0 Å². The Balaban J connectivity index is 3.25. The summed E-state index contributed by atoms with van der Waals surface area (Å²) < 4.78 is 0. The number of phenols is 2. The van der Waals surface area contributed by atoms with Crippen molar-refractivity contribution in [2.24, 2.45) is 5.73 Å². The molecule has 0 saturated heterocycles. The molecule has 0 aliphatic heterocycles. The predicted molar refractivity (Wildman–Crippen MR) is 48.8 cm³/mol. The molecule has 0 bridgehead atoms. The number of aliphatic hydroxyl groups is 1. The van der Waals surface area contributed by atoms with Gasteiger partial charge in [-0.1, -0.05) is 11.6 Å². The number of aliphatic hydroxyl groups excluding tert-OH is 1. The van der Waals surface area contributed by atoms with Gasteiger partial charge in [-0.25, -0.2) is 0 Å². The average Bonchev–Trinajstić information content (AvgIpc) is 2.12. The third-order valence-electron chi connectivity index (χ3n) is 1.70. The summed E-state index contributed by atoms with van der Waals surface area (Å²) in [5.74, 6) is -0.752. The second kappa shape index (κ2) is 3.83. The van der Waals surface area contributed by atoms with Crippen LogP contribution in [0.15, 0.2) is 12.1 Å². The maximum absolute atomic E-state index is 9.33. The van der Waals surface area contributed by atoms with Crippen molar-refractivity contribution >= 4 is 11.6 Å². The van der Waals surface area contributed by atoms with Crippen LogP contribution in [0, 0.1) is 0 Å². The lowest BCUT2D eigenvalue weighted by atomic mass is 10.1. The van der Waals surface area contributed by atoms with Crippen LogP contribution in [0.2, 0.25) is 5.02 Å². The van der Waals surface area contributed by atoms with Crippen LogP contribution >= 0.6 is 11.6 Å². The summed E-state index contributed by atoms with van der Waals surface area (Å²) in [5.41, 5.74) is 5.25. The van der Waals surface area contributed by atoms with E-state index in [0.29, 0.717) is 0 Å². The lowest BCUT2D eigenvalue weighted by Crippen LogP contribution is -2.12. The number of aromatic hydroxyl groups is 2. The molecule has 5 heteroatoms. The van der Waals surface area contributed by atoms with Crippen molar-refractivity contribution in [1.82, 2.24) is 0 Å². The number of hydrogen-bond donors (Lipinski definition) is 4. The fraction of sp³-hybridized carbons (Fsp3) is 0.250. The van der Waals surface area contributed by atoms with E-state index in [1.807, 2.05) is 0 Å². The van der Waals surface area contributed by atoms with Gasteiger partial charge in [-0.2, -0.15) is 0 Å². The molecule has 0 radical (unpaired) electrons. The highest BCUT2D eigenvalue weighted by atomic mass is 35.5. The first-order valence-corrected chi connectivity index (χ1v) is 4.04. The van der Waals surface area contributed by atoms with E-state index in [1.54, 1.807) is 0 Å². The third kappa shape index (κ3) is 1.85. The van der Waals surface area contributed by atoms with Gasteiger partial charge in [0.05, 0.1) is 11.1 Å². The van der Waals surface area contributed by atoms with Crippen LogP contribution in [0.25, 0.3) is 0 Å². The summed E-state index contributed by atoms with van der Waals surface area (Å²) in [6.07, 6.45) is -1.07. The molecular weight excluding hydrogens is 194 g/mol. The molecule has 72 valence electrons. The summed E-state index contributed by atoms with van der Waals surface area (Å²) >= 11 is 5.69. The average molecular weight is 204 g/mol. The van der Waals surface area contributed by atoms with E-state index in [1.165, 1.54) is 12.1 Å². The molecule has 1 atom stereocenters. The molecule has 0 aliphatic rings. The summed E-state index contributed by atoms with van der Waals surface area (Å²) in [4.78, 5) is 0. The van der Waals surface area contributed by atoms with E-state index in [0.717, 1.165) is 0 Å². The highest BCUT2D eigenvalue weighted by Crippen LogP contribution is 2.37. The molecule has 0 aliphatic carbocycles. The fourth-order valence-corrected chi connectivity index (χ4v) is 1.29. The molecule has 1 unspecified atom stereocenters. The van der Waals surface area contributed by atoms with E-state index in [2.05, 4.69) is 0 Å². The second-order valence-corrected chi connectivity index (χ2v) is 2.99. The highest BCUT2D eigenvalue weighted by molar-refractivity contribution is 6.31. The third-order valence-corrected chi connectivity index (χ3v) is 2.03. The van der Waals surface area contributed by atoms with E-state index >= 15 is 0 Å². The van der Waals surface area contributed by atoms with Crippen molar-refractivity contribution in [3.8, 4) is 11.5 Å². The van der Waals surface area contributed by atoms with Gasteiger partial charge in [-0.3, -0.25) is 0 Å². The topological polar surface area (TPSA) is 86.7 Å². The molecule has 0 aromatic heterocycles. The molecule has 0 saturated carbocycles. The Hall–Kier alpha value is -0.970. The Labute approximate surface area is 80.2 Å². The van der Waals surface area contributed by atoms with Crippen molar-refractivity contribution in [1.29, 1.82) is 0 Å². The van der Waals surface area contributed by atoms with E-state index in [4.69, 9.17) is 22.4 Å². The SMILES string of the molecule is NCC(O)c1c(Cl)ccc(O)c1O. The van der Waals surface area contributed by atoms with E-state index in [9.17, 15) is 10.2 Å². The van der Waals surface area contributed by atoms with Gasteiger partial charge in [-0.15, -0.1) is 0 Å². The maximum atomic E-state index is 9.33. The smallest absolute Gasteiger partial charge is 0.164 e. The zero-order valence-electron chi connectivity index (χ0n) is 6.74. The van der Waals surface area contributed by atoms with Crippen LogP contribution in [0.3, 0.4) is 0 Å². The second-order valence-electron chi connectivity index (χ2n) is 2.58.